The molecule has 0 aliphatic rings. The third kappa shape index (κ3) is 3.15. The van der Waals surface area contributed by atoms with Crippen LogP contribution in [0.1, 0.15) is 0 Å². The molecule has 1 nitrogen and oxygen atoms in total. The van der Waals surface area contributed by atoms with Crippen LogP contribution in [0, 0.1) is 0 Å². The van der Waals surface area contributed by atoms with Crippen molar-refractivity contribution in [2.24, 2.45) is 5.73 Å². The Morgan fingerprint density at radius 2 is 2.12 bits per heavy atom. The molecule has 0 amide bonds. The summed E-state index contributed by atoms with van der Waals surface area (Å²) in [7, 11) is 0. The molecule has 0 aliphatic carbocycles. The van der Waals surface area contributed by atoms with Crippen LogP contribution >= 0.6 is 0 Å². The van der Waals surface area contributed by atoms with Gasteiger partial charge in [0.2, 0.25) is 0 Å². The van der Waals surface area contributed by atoms with Gasteiger partial charge < -0.3 is 5.73 Å². The zero-order valence-electron chi connectivity index (χ0n) is 4.52. The first-order chi connectivity index (χ1) is 3.66. The highest BCUT2D eigenvalue weighted by molar-refractivity contribution is 5.20. The highest BCUT2D eigenvalue weighted by Gasteiger charge is 1.81. The average molecular weight is 113 g/mol. The number of allylic oxidation sites excluding steroid dienone is 3. The summed E-state index contributed by atoms with van der Waals surface area (Å²) in [6.45, 7) is 6.28. The van der Waals surface area contributed by atoms with Crippen molar-refractivity contribution in [3.63, 3.8) is 0 Å². The van der Waals surface area contributed by atoms with Crippen molar-refractivity contribution in [2.75, 3.05) is 0 Å². The van der Waals surface area contributed by atoms with Crippen LogP contribution in [0.5, 0.6) is 0 Å². The van der Waals surface area contributed by atoms with Crippen molar-refractivity contribution in [3.05, 3.63) is 36.8 Å². The molecule has 0 saturated heterocycles. The van der Waals surface area contributed by atoms with E-state index in [4.69, 9.17) is 5.73 Å². The lowest BCUT2D eigenvalue weighted by molar-refractivity contribution is 0.670. The van der Waals surface area contributed by atoms with Gasteiger partial charge >= 0.3 is 0 Å². The van der Waals surface area contributed by atoms with E-state index in [1.165, 1.54) is 6.08 Å². The molecule has 0 aliphatic heterocycles. The van der Waals surface area contributed by atoms with E-state index in [1.54, 1.807) is 0 Å². The molecule has 0 bridgehead atoms. The minimum atomic E-state index is -0.553. The minimum absolute atomic E-state index is 0.289. The van der Waals surface area contributed by atoms with Crippen molar-refractivity contribution >= 4 is 0 Å². The first kappa shape index (κ1) is 6.95. The quantitative estimate of drug-likeness (QED) is 0.539. The zero-order valence-corrected chi connectivity index (χ0v) is 4.52. The molecule has 2 N–H and O–H groups in total. The molecule has 0 unspecified atom stereocenters. The smallest absolute Gasteiger partial charge is 0.118 e. The van der Waals surface area contributed by atoms with Gasteiger partial charge in [-0.25, -0.2) is 4.39 Å². The van der Waals surface area contributed by atoms with Gasteiger partial charge in [-0.05, 0) is 12.2 Å². The molecule has 0 fully saturated rings. The summed E-state index contributed by atoms with van der Waals surface area (Å²) in [4.78, 5) is 0. The van der Waals surface area contributed by atoms with E-state index < -0.39 is 5.83 Å². The van der Waals surface area contributed by atoms with Crippen LogP contribution in [0.25, 0.3) is 0 Å². The normalized spacial score (nSPS) is 10.9. The van der Waals surface area contributed by atoms with Crippen molar-refractivity contribution in [1.82, 2.24) is 0 Å². The Bertz CT molecular complexity index is 135. The van der Waals surface area contributed by atoms with Gasteiger partial charge in [-0.2, -0.15) is 0 Å². The van der Waals surface area contributed by atoms with Crippen molar-refractivity contribution in [1.29, 1.82) is 0 Å². The molecule has 0 aromatic heterocycles. The van der Waals surface area contributed by atoms with Gasteiger partial charge in [0.15, 0.2) is 0 Å². The summed E-state index contributed by atoms with van der Waals surface area (Å²) in [5.41, 5.74) is 5.41. The lowest BCUT2D eigenvalue weighted by Gasteiger charge is -1.85. The molecule has 44 valence electrons. The molecule has 0 aromatic carbocycles. The first-order valence-corrected chi connectivity index (χ1v) is 2.11. The maximum atomic E-state index is 11.7. The van der Waals surface area contributed by atoms with Crippen LogP contribution in [-0.2, 0) is 0 Å². The van der Waals surface area contributed by atoms with E-state index in [1.807, 2.05) is 0 Å². The van der Waals surface area contributed by atoms with E-state index >= 15 is 0 Å². The fourth-order valence-corrected chi connectivity index (χ4v) is 0.240. The molecule has 0 radical (unpaired) electrons. The Morgan fingerprint density at radius 1 is 1.62 bits per heavy atom. The Morgan fingerprint density at radius 3 is 2.25 bits per heavy atom. The highest BCUT2D eigenvalue weighted by Crippen LogP contribution is 1.95. The molecule has 8 heavy (non-hydrogen) atoms. The van der Waals surface area contributed by atoms with E-state index in [0.29, 0.717) is 0 Å². The van der Waals surface area contributed by atoms with E-state index in [9.17, 15) is 4.39 Å². The second-order valence-electron chi connectivity index (χ2n) is 1.30. The van der Waals surface area contributed by atoms with Crippen molar-refractivity contribution in [2.45, 2.75) is 0 Å². The third-order valence-electron chi connectivity index (χ3n) is 0.559. The number of hydrogen-bond donors (Lipinski definition) is 1. The molecule has 0 rings (SSSR count). The fraction of sp³-hybridized carbons (Fsp3) is 0. The summed E-state index contributed by atoms with van der Waals surface area (Å²) >= 11 is 0. The average Bonchev–Trinajstić information content (AvgIpc) is 1.65. The zero-order chi connectivity index (χ0) is 6.57. The maximum Gasteiger partial charge on any atom is 0.118 e. The summed E-state index contributed by atoms with van der Waals surface area (Å²) in [6, 6.07) is 0. The Kier molecular flexibility index (Phi) is 2.62. The Balaban J connectivity index is 3.94. The predicted molar refractivity (Wildman–Crippen MR) is 32.7 cm³/mol. The third-order valence-corrected chi connectivity index (χ3v) is 0.559. The van der Waals surface area contributed by atoms with Gasteiger partial charge in [0, 0.05) is 5.70 Å². The summed E-state index contributed by atoms with van der Waals surface area (Å²) in [5.74, 6) is -0.553. The van der Waals surface area contributed by atoms with Crippen molar-refractivity contribution in [3.8, 4) is 0 Å². The molecule has 2 heteroatoms. The number of halogens is 1. The maximum absolute atomic E-state index is 11.7. The first-order valence-electron chi connectivity index (χ1n) is 2.11. The fourth-order valence-electron chi connectivity index (χ4n) is 0.240. The molecular weight excluding hydrogens is 105 g/mol. The molecule has 0 heterocycles. The van der Waals surface area contributed by atoms with Gasteiger partial charge in [-0.15, -0.1) is 0 Å². The summed E-state index contributed by atoms with van der Waals surface area (Å²) in [6.07, 6.45) is 2.46. The SMILES string of the molecule is C=C/C(N)=C\C(=C)F. The Labute approximate surface area is 48.0 Å². The van der Waals surface area contributed by atoms with E-state index in [-0.39, 0.29) is 5.70 Å². The second-order valence-corrected chi connectivity index (χ2v) is 1.30. The summed E-state index contributed by atoms with van der Waals surface area (Å²) < 4.78 is 11.7. The number of rotatable bonds is 2. The van der Waals surface area contributed by atoms with Crippen LogP contribution in [-0.4, -0.2) is 0 Å². The van der Waals surface area contributed by atoms with Crippen LogP contribution in [0.3, 0.4) is 0 Å². The standard InChI is InChI=1S/C6H8FN/c1-3-6(8)4-5(2)7/h3-4H,1-2,8H2/b6-4+. The monoisotopic (exact) mass is 113 g/mol. The van der Waals surface area contributed by atoms with Crippen LogP contribution in [0.2, 0.25) is 0 Å². The minimum Gasteiger partial charge on any atom is -0.399 e. The van der Waals surface area contributed by atoms with Crippen LogP contribution < -0.4 is 5.73 Å². The topological polar surface area (TPSA) is 26.0 Å². The number of nitrogens with two attached hydrogens (primary N) is 1. The van der Waals surface area contributed by atoms with Crippen LogP contribution in [0.15, 0.2) is 36.8 Å². The largest absolute Gasteiger partial charge is 0.399 e. The second kappa shape index (κ2) is 3.02. The molecular formula is C6H8FN. The van der Waals surface area contributed by atoms with E-state index in [2.05, 4.69) is 13.2 Å². The van der Waals surface area contributed by atoms with Gasteiger partial charge in [0.05, 0.1) is 0 Å². The molecule has 0 atom stereocenters. The lowest BCUT2D eigenvalue weighted by atomic mass is 10.4. The van der Waals surface area contributed by atoms with Gasteiger partial charge in [0.25, 0.3) is 0 Å². The lowest BCUT2D eigenvalue weighted by Crippen LogP contribution is -1.90. The van der Waals surface area contributed by atoms with Crippen molar-refractivity contribution < 1.29 is 4.39 Å². The Hall–Kier alpha value is -1.05. The van der Waals surface area contributed by atoms with Gasteiger partial charge in [0.1, 0.15) is 5.83 Å². The molecule has 0 aromatic rings. The van der Waals surface area contributed by atoms with Gasteiger partial charge in [-0.1, -0.05) is 13.2 Å². The predicted octanol–water partition coefficient (Wildman–Crippen LogP) is 1.50. The van der Waals surface area contributed by atoms with Crippen LogP contribution in [0.4, 0.5) is 4.39 Å². The van der Waals surface area contributed by atoms with E-state index in [0.717, 1.165) is 6.08 Å². The van der Waals surface area contributed by atoms with Gasteiger partial charge in [-0.3, -0.25) is 0 Å². The number of hydrogen-bond acceptors (Lipinski definition) is 1. The molecule has 0 spiro atoms. The highest BCUT2D eigenvalue weighted by atomic mass is 19.1. The summed E-state index contributed by atoms with van der Waals surface area (Å²) in [5, 5.41) is 0. The molecule has 0 saturated carbocycles.